The number of carbonyl (C=O) groups excluding carboxylic acids is 1. The molecule has 0 aliphatic rings. The van der Waals surface area contributed by atoms with Crippen LogP contribution in [-0.4, -0.2) is 23.3 Å². The molecule has 0 aliphatic heterocycles. The van der Waals surface area contributed by atoms with E-state index in [0.29, 0.717) is 22.8 Å². The van der Waals surface area contributed by atoms with Gasteiger partial charge in [-0.1, -0.05) is 5.10 Å². The van der Waals surface area contributed by atoms with Gasteiger partial charge in [-0.3, -0.25) is 5.32 Å². The fourth-order valence-corrected chi connectivity index (χ4v) is 2.16. The smallest absolute Gasteiger partial charge is 0.327 e. The molecule has 0 unspecified atom stereocenters. The third kappa shape index (κ3) is 3.37. The van der Waals surface area contributed by atoms with Gasteiger partial charge in [0.25, 0.3) is 5.89 Å². The number of benzene rings is 1. The second-order valence-corrected chi connectivity index (χ2v) is 5.05. The van der Waals surface area contributed by atoms with Crippen LogP contribution in [0.5, 0.6) is 5.75 Å². The van der Waals surface area contributed by atoms with E-state index >= 15 is 0 Å². The van der Waals surface area contributed by atoms with Crippen LogP contribution in [0.25, 0.3) is 11.5 Å². The van der Waals surface area contributed by atoms with Crippen molar-refractivity contribution < 1.29 is 18.4 Å². The Hall–Kier alpha value is -3.29. The Kier molecular flexibility index (Phi) is 4.19. The molecule has 0 aliphatic carbocycles. The Morgan fingerprint density at radius 2 is 1.83 bits per heavy atom. The molecular weight excluding hydrogens is 312 g/mol. The molecule has 0 saturated carbocycles. The predicted molar refractivity (Wildman–Crippen MR) is 87.1 cm³/mol. The molecule has 3 rings (SSSR count). The van der Waals surface area contributed by atoms with Gasteiger partial charge in [-0.05, 0) is 44.2 Å². The summed E-state index contributed by atoms with van der Waals surface area (Å²) in [6, 6.07) is 8.22. The van der Waals surface area contributed by atoms with Crippen molar-refractivity contribution in [1.82, 2.24) is 10.2 Å². The molecule has 2 amide bonds. The van der Waals surface area contributed by atoms with Crippen LogP contribution in [0.15, 0.2) is 39.2 Å². The zero-order chi connectivity index (χ0) is 17.1. The normalized spacial score (nSPS) is 10.5. The summed E-state index contributed by atoms with van der Waals surface area (Å²) in [4.78, 5) is 12.0. The van der Waals surface area contributed by atoms with Crippen LogP contribution in [0.2, 0.25) is 0 Å². The van der Waals surface area contributed by atoms with Crippen LogP contribution >= 0.6 is 0 Å². The first-order valence-electron chi connectivity index (χ1n) is 7.18. The van der Waals surface area contributed by atoms with E-state index in [2.05, 4.69) is 20.8 Å². The molecular formula is C16H16N4O4. The van der Waals surface area contributed by atoms with Crippen molar-refractivity contribution in [3.05, 3.63) is 41.9 Å². The van der Waals surface area contributed by atoms with Gasteiger partial charge < -0.3 is 18.9 Å². The number of rotatable bonds is 4. The van der Waals surface area contributed by atoms with Crippen molar-refractivity contribution in [2.75, 3.05) is 17.7 Å². The van der Waals surface area contributed by atoms with Gasteiger partial charge in [0, 0.05) is 5.69 Å². The minimum Gasteiger partial charge on any atom is -0.497 e. The van der Waals surface area contributed by atoms with Gasteiger partial charge in [-0.25, -0.2) is 4.79 Å². The number of hydrogen-bond donors (Lipinski definition) is 2. The fourth-order valence-electron chi connectivity index (χ4n) is 2.16. The lowest BCUT2D eigenvalue weighted by atomic mass is 10.2. The number of furan rings is 1. The number of ether oxygens (including phenoxy) is 1. The summed E-state index contributed by atoms with van der Waals surface area (Å²) < 4.78 is 15.9. The molecule has 8 nitrogen and oxygen atoms in total. The number of nitrogens with zero attached hydrogens (tertiary/aromatic N) is 2. The summed E-state index contributed by atoms with van der Waals surface area (Å²) in [5.74, 6) is 2.40. The van der Waals surface area contributed by atoms with Crippen molar-refractivity contribution in [3.8, 4) is 17.2 Å². The maximum absolute atomic E-state index is 12.0. The lowest BCUT2D eigenvalue weighted by molar-refractivity contribution is 0.261. The number of aryl methyl sites for hydroxylation is 2. The summed E-state index contributed by atoms with van der Waals surface area (Å²) >= 11 is 0. The molecule has 2 aromatic heterocycles. The molecule has 2 heterocycles. The van der Waals surface area contributed by atoms with Gasteiger partial charge >= 0.3 is 12.0 Å². The van der Waals surface area contributed by atoms with E-state index in [0.717, 1.165) is 5.76 Å². The summed E-state index contributed by atoms with van der Waals surface area (Å²) in [6.45, 7) is 3.63. The first-order valence-corrected chi connectivity index (χ1v) is 7.18. The lowest BCUT2D eigenvalue weighted by Gasteiger charge is -2.05. The largest absolute Gasteiger partial charge is 0.497 e. The zero-order valence-corrected chi connectivity index (χ0v) is 13.4. The van der Waals surface area contributed by atoms with Gasteiger partial charge in [0.1, 0.15) is 17.3 Å². The highest BCUT2D eigenvalue weighted by Gasteiger charge is 2.15. The predicted octanol–water partition coefficient (Wildman–Crippen LogP) is 3.60. The second-order valence-electron chi connectivity index (χ2n) is 5.05. The Labute approximate surface area is 137 Å². The highest BCUT2D eigenvalue weighted by molar-refractivity contribution is 5.98. The maximum atomic E-state index is 12.0. The Morgan fingerprint density at radius 3 is 2.46 bits per heavy atom. The average molecular weight is 328 g/mol. The van der Waals surface area contributed by atoms with Gasteiger partial charge in [-0.2, -0.15) is 0 Å². The number of hydrogen-bond acceptors (Lipinski definition) is 6. The van der Waals surface area contributed by atoms with Crippen molar-refractivity contribution in [1.29, 1.82) is 0 Å². The molecule has 1 aromatic carbocycles. The van der Waals surface area contributed by atoms with E-state index in [1.165, 1.54) is 0 Å². The third-order valence-electron chi connectivity index (χ3n) is 3.26. The molecule has 2 N–H and O–H groups in total. The SMILES string of the molecule is COc1ccc(NC(=O)Nc2nnc(-c3cc(C)oc3C)o2)cc1. The number of nitrogens with one attached hydrogen (secondary N) is 2. The van der Waals surface area contributed by atoms with Crippen molar-refractivity contribution >= 4 is 17.7 Å². The first kappa shape index (κ1) is 15.6. The number of methoxy groups -OCH3 is 1. The molecule has 8 heteroatoms. The van der Waals surface area contributed by atoms with Gasteiger partial charge in [-0.15, -0.1) is 5.10 Å². The van der Waals surface area contributed by atoms with E-state index in [9.17, 15) is 4.79 Å². The number of carbonyl (C=O) groups is 1. The minimum atomic E-state index is -0.490. The Balaban J connectivity index is 1.65. The number of amides is 2. The standard InChI is InChI=1S/C16H16N4O4/c1-9-8-13(10(2)23-9)14-19-20-16(24-14)18-15(21)17-11-4-6-12(22-3)7-5-11/h4-8H,1-3H3,(H2,17,18,20,21). The van der Waals surface area contributed by atoms with Gasteiger partial charge in [0.15, 0.2) is 0 Å². The summed E-state index contributed by atoms with van der Waals surface area (Å²) in [5, 5.41) is 12.8. The molecule has 0 saturated heterocycles. The molecule has 3 aromatic rings. The minimum absolute atomic E-state index is 0.00531. The van der Waals surface area contributed by atoms with E-state index in [1.807, 2.05) is 6.92 Å². The van der Waals surface area contributed by atoms with E-state index in [1.54, 1.807) is 44.4 Å². The van der Waals surface area contributed by atoms with Crippen LogP contribution < -0.4 is 15.4 Å². The summed E-state index contributed by atoms with van der Waals surface area (Å²) in [7, 11) is 1.57. The van der Waals surface area contributed by atoms with Crippen LogP contribution in [0.1, 0.15) is 11.5 Å². The number of aromatic nitrogens is 2. The molecule has 0 spiro atoms. The highest BCUT2D eigenvalue weighted by atomic mass is 16.5. The number of anilines is 2. The highest BCUT2D eigenvalue weighted by Crippen LogP contribution is 2.26. The maximum Gasteiger partial charge on any atom is 0.327 e. The van der Waals surface area contributed by atoms with Crippen molar-refractivity contribution in [2.24, 2.45) is 0 Å². The zero-order valence-electron chi connectivity index (χ0n) is 13.4. The summed E-state index contributed by atoms with van der Waals surface area (Å²) in [5.41, 5.74) is 1.30. The molecule has 24 heavy (non-hydrogen) atoms. The van der Waals surface area contributed by atoms with E-state index in [-0.39, 0.29) is 11.9 Å². The monoisotopic (exact) mass is 328 g/mol. The van der Waals surface area contributed by atoms with Gasteiger partial charge in [0.2, 0.25) is 0 Å². The first-order chi connectivity index (χ1) is 11.5. The van der Waals surface area contributed by atoms with Crippen LogP contribution in [0, 0.1) is 13.8 Å². The quantitative estimate of drug-likeness (QED) is 0.758. The third-order valence-corrected chi connectivity index (χ3v) is 3.26. The van der Waals surface area contributed by atoms with Crippen LogP contribution in [0.4, 0.5) is 16.5 Å². The summed E-state index contributed by atoms with van der Waals surface area (Å²) in [6.07, 6.45) is 0. The topological polar surface area (TPSA) is 102 Å². The Morgan fingerprint density at radius 1 is 1.08 bits per heavy atom. The molecule has 124 valence electrons. The second kappa shape index (κ2) is 6.45. The van der Waals surface area contributed by atoms with Gasteiger partial charge in [0.05, 0.1) is 12.7 Å². The molecule has 0 bridgehead atoms. The van der Waals surface area contributed by atoms with E-state index < -0.39 is 6.03 Å². The van der Waals surface area contributed by atoms with E-state index in [4.69, 9.17) is 13.6 Å². The lowest BCUT2D eigenvalue weighted by Crippen LogP contribution is -2.19. The average Bonchev–Trinajstić information content (AvgIpc) is 3.14. The fraction of sp³-hybridized carbons (Fsp3) is 0.188. The number of urea groups is 1. The van der Waals surface area contributed by atoms with Crippen LogP contribution in [-0.2, 0) is 0 Å². The van der Waals surface area contributed by atoms with Crippen LogP contribution in [0.3, 0.4) is 0 Å². The van der Waals surface area contributed by atoms with Crippen molar-refractivity contribution in [2.45, 2.75) is 13.8 Å². The molecule has 0 radical (unpaired) electrons. The molecule has 0 fully saturated rings. The van der Waals surface area contributed by atoms with Crippen molar-refractivity contribution in [3.63, 3.8) is 0 Å². The Bertz CT molecular complexity index is 851. The molecule has 0 atom stereocenters.